The summed E-state index contributed by atoms with van der Waals surface area (Å²) >= 11 is 12.8. The Kier molecular flexibility index (Phi) is 8.76. The summed E-state index contributed by atoms with van der Waals surface area (Å²) in [5.74, 6) is -1.28. The molecule has 212 valence electrons. The molecule has 1 amide bonds. The summed E-state index contributed by atoms with van der Waals surface area (Å²) in [6.07, 6.45) is -0.132. The number of aliphatic carboxylic acids is 1. The zero-order valence-electron chi connectivity index (χ0n) is 23.1. The number of aromatic nitrogens is 2. The zero-order valence-corrected chi connectivity index (χ0v) is 24.7. The van der Waals surface area contributed by atoms with Gasteiger partial charge in [0.1, 0.15) is 0 Å². The van der Waals surface area contributed by atoms with E-state index in [0.717, 1.165) is 44.8 Å². The highest BCUT2D eigenvalue weighted by Gasteiger charge is 2.24. The number of amides is 1. The molecule has 0 aliphatic carbocycles. The number of rotatable bonds is 9. The van der Waals surface area contributed by atoms with E-state index in [-0.39, 0.29) is 24.9 Å². The van der Waals surface area contributed by atoms with Gasteiger partial charge in [-0.2, -0.15) is 5.10 Å². The molecule has 0 aliphatic heterocycles. The first-order valence-corrected chi connectivity index (χ1v) is 14.3. The van der Waals surface area contributed by atoms with Crippen molar-refractivity contribution in [1.29, 1.82) is 0 Å². The normalized spacial score (nSPS) is 11.7. The van der Waals surface area contributed by atoms with Crippen molar-refractivity contribution in [2.45, 2.75) is 26.3 Å². The van der Waals surface area contributed by atoms with Gasteiger partial charge in [0.05, 0.1) is 23.9 Å². The van der Waals surface area contributed by atoms with Crippen LogP contribution in [0.25, 0.3) is 33.6 Å². The first kappa shape index (κ1) is 29.1. The molecule has 0 saturated carbocycles. The molecule has 0 fully saturated rings. The summed E-state index contributed by atoms with van der Waals surface area (Å²) in [5, 5.41) is 17.7. The van der Waals surface area contributed by atoms with E-state index in [0.29, 0.717) is 15.6 Å². The van der Waals surface area contributed by atoms with Crippen molar-refractivity contribution < 1.29 is 14.7 Å². The summed E-state index contributed by atoms with van der Waals surface area (Å²) in [4.78, 5) is 23.3. The van der Waals surface area contributed by atoms with Gasteiger partial charge in [-0.05, 0) is 60.9 Å². The first-order chi connectivity index (χ1) is 20.2. The van der Waals surface area contributed by atoms with Crippen LogP contribution in [0.3, 0.4) is 0 Å². The van der Waals surface area contributed by atoms with E-state index in [9.17, 15) is 9.59 Å². The summed E-state index contributed by atoms with van der Waals surface area (Å²) in [6.45, 7) is 4.19. The number of halogens is 2. The number of hydrogen-bond acceptors (Lipinski definition) is 3. The molecular weight excluding hydrogens is 569 g/mol. The average molecular weight is 599 g/mol. The van der Waals surface area contributed by atoms with E-state index >= 15 is 0 Å². The van der Waals surface area contributed by atoms with E-state index in [1.165, 1.54) is 0 Å². The Morgan fingerprint density at radius 1 is 0.857 bits per heavy atom. The Bertz CT molecular complexity index is 1730. The van der Waals surface area contributed by atoms with Crippen LogP contribution >= 0.6 is 23.2 Å². The molecule has 4 aromatic carbocycles. The maximum Gasteiger partial charge on any atom is 0.305 e. The molecule has 6 nitrogen and oxygen atoms in total. The van der Waals surface area contributed by atoms with Crippen molar-refractivity contribution in [2.24, 2.45) is 0 Å². The summed E-state index contributed by atoms with van der Waals surface area (Å²) in [7, 11) is 0. The molecule has 0 radical (unpaired) electrons. The second-order valence-corrected chi connectivity index (χ2v) is 10.9. The molecule has 5 aromatic rings. The van der Waals surface area contributed by atoms with Gasteiger partial charge in [-0.3, -0.25) is 14.3 Å². The van der Waals surface area contributed by atoms with Gasteiger partial charge in [0.2, 0.25) is 0 Å². The fourth-order valence-corrected chi connectivity index (χ4v) is 5.61. The molecular formula is C34H29Cl2N3O3. The quantitative estimate of drug-likeness (QED) is 0.179. The van der Waals surface area contributed by atoms with Gasteiger partial charge < -0.3 is 10.4 Å². The monoisotopic (exact) mass is 597 g/mol. The summed E-state index contributed by atoms with van der Waals surface area (Å²) < 4.78 is 2.02. The van der Waals surface area contributed by atoms with Crippen LogP contribution in [0.1, 0.15) is 40.9 Å². The Labute approximate surface area is 254 Å². The standard InChI is InChI=1S/C34H29Cl2N3O3/c1-21-32(26-18-27(35)20-28(36)19-26)38-39(33(21)30-11-7-6-10-29(30)24-8-4-3-5-9-24)22(2)23-12-14-25(15-13-23)34(42)37-17-16-31(40)41/h3-15,18-20,22H,16-17H2,1-2H3,(H,37,42)(H,40,41). The molecule has 1 unspecified atom stereocenters. The van der Waals surface area contributed by atoms with E-state index < -0.39 is 5.97 Å². The van der Waals surface area contributed by atoms with Gasteiger partial charge in [-0.15, -0.1) is 0 Å². The number of carbonyl (C=O) groups is 2. The third-order valence-electron chi connectivity index (χ3n) is 7.20. The molecule has 1 heterocycles. The van der Waals surface area contributed by atoms with Gasteiger partial charge in [0, 0.05) is 38.8 Å². The first-order valence-electron chi connectivity index (χ1n) is 13.5. The number of carboxylic acid groups (broad SMARTS) is 1. The molecule has 0 aliphatic rings. The van der Waals surface area contributed by atoms with Crippen LogP contribution in [-0.4, -0.2) is 33.3 Å². The van der Waals surface area contributed by atoms with Crippen molar-refractivity contribution in [3.8, 4) is 33.6 Å². The number of hydrogen-bond donors (Lipinski definition) is 2. The Morgan fingerprint density at radius 3 is 2.12 bits per heavy atom. The van der Waals surface area contributed by atoms with Crippen LogP contribution < -0.4 is 5.32 Å². The van der Waals surface area contributed by atoms with Crippen molar-refractivity contribution in [1.82, 2.24) is 15.1 Å². The summed E-state index contributed by atoms with van der Waals surface area (Å²) in [5.41, 5.74) is 8.17. The minimum absolute atomic E-state index is 0.0688. The van der Waals surface area contributed by atoms with Crippen LogP contribution in [0, 0.1) is 6.92 Å². The molecule has 1 atom stereocenters. The Hall–Kier alpha value is -4.39. The van der Waals surface area contributed by atoms with Crippen LogP contribution in [0.4, 0.5) is 0 Å². The van der Waals surface area contributed by atoms with Gasteiger partial charge in [-0.25, -0.2) is 0 Å². The fraction of sp³-hybridized carbons (Fsp3) is 0.147. The largest absolute Gasteiger partial charge is 0.481 e. The number of nitrogens with zero attached hydrogens (tertiary/aromatic N) is 2. The van der Waals surface area contributed by atoms with Gasteiger partial charge in [0.15, 0.2) is 0 Å². The number of benzene rings is 4. The van der Waals surface area contributed by atoms with Gasteiger partial charge in [0.25, 0.3) is 5.91 Å². The predicted molar refractivity (Wildman–Crippen MR) is 168 cm³/mol. The third-order valence-corrected chi connectivity index (χ3v) is 7.63. The lowest BCUT2D eigenvalue weighted by atomic mass is 9.94. The second kappa shape index (κ2) is 12.6. The van der Waals surface area contributed by atoms with Crippen LogP contribution in [0.2, 0.25) is 10.0 Å². The highest BCUT2D eigenvalue weighted by atomic mass is 35.5. The fourth-order valence-electron chi connectivity index (χ4n) is 5.09. The molecule has 8 heteroatoms. The average Bonchev–Trinajstić information content (AvgIpc) is 3.33. The summed E-state index contributed by atoms with van der Waals surface area (Å²) in [6, 6.07) is 31.0. The van der Waals surface area contributed by atoms with E-state index in [1.807, 2.05) is 59.3 Å². The van der Waals surface area contributed by atoms with Crippen molar-refractivity contribution in [3.05, 3.63) is 124 Å². The van der Waals surface area contributed by atoms with E-state index in [1.54, 1.807) is 18.2 Å². The molecule has 5 rings (SSSR count). The lowest BCUT2D eigenvalue weighted by molar-refractivity contribution is -0.136. The molecule has 42 heavy (non-hydrogen) atoms. The van der Waals surface area contributed by atoms with Crippen LogP contribution in [0.15, 0.2) is 97.1 Å². The van der Waals surface area contributed by atoms with Crippen molar-refractivity contribution in [2.75, 3.05) is 6.54 Å². The Morgan fingerprint density at radius 2 is 1.48 bits per heavy atom. The second-order valence-electron chi connectivity index (χ2n) is 10.0. The maximum atomic E-state index is 12.5. The predicted octanol–water partition coefficient (Wildman–Crippen LogP) is 8.31. The number of carboxylic acids is 1. The molecule has 0 saturated heterocycles. The van der Waals surface area contributed by atoms with Crippen LogP contribution in [0.5, 0.6) is 0 Å². The van der Waals surface area contributed by atoms with Crippen molar-refractivity contribution in [3.63, 3.8) is 0 Å². The highest BCUT2D eigenvalue weighted by Crippen LogP contribution is 2.40. The number of nitrogens with one attached hydrogen (secondary N) is 1. The highest BCUT2D eigenvalue weighted by molar-refractivity contribution is 6.35. The topological polar surface area (TPSA) is 84.2 Å². The van der Waals surface area contributed by atoms with E-state index in [4.69, 9.17) is 33.4 Å². The molecule has 0 spiro atoms. The van der Waals surface area contributed by atoms with Crippen LogP contribution in [-0.2, 0) is 4.79 Å². The SMILES string of the molecule is Cc1c(-c2cc(Cl)cc(Cl)c2)nn(C(C)c2ccc(C(=O)NCCC(=O)O)cc2)c1-c1ccccc1-c1ccccc1. The van der Waals surface area contributed by atoms with Crippen molar-refractivity contribution >= 4 is 35.1 Å². The number of carbonyl (C=O) groups excluding carboxylic acids is 1. The lowest BCUT2D eigenvalue weighted by Gasteiger charge is -2.19. The lowest BCUT2D eigenvalue weighted by Crippen LogP contribution is -2.26. The van der Waals surface area contributed by atoms with E-state index in [2.05, 4.69) is 43.4 Å². The molecule has 0 bridgehead atoms. The minimum Gasteiger partial charge on any atom is -0.481 e. The molecule has 1 aromatic heterocycles. The maximum absolute atomic E-state index is 12.5. The molecule has 2 N–H and O–H groups in total. The minimum atomic E-state index is -0.960. The Balaban J connectivity index is 1.60. The van der Waals surface area contributed by atoms with Gasteiger partial charge >= 0.3 is 5.97 Å². The zero-order chi connectivity index (χ0) is 29.8. The smallest absolute Gasteiger partial charge is 0.305 e. The third kappa shape index (κ3) is 6.25. The van der Waals surface area contributed by atoms with Gasteiger partial charge in [-0.1, -0.05) is 89.9 Å².